The predicted octanol–water partition coefficient (Wildman–Crippen LogP) is 2.32. The van der Waals surface area contributed by atoms with Gasteiger partial charge in [-0.25, -0.2) is 0 Å². The molecule has 0 aliphatic carbocycles. The van der Waals surface area contributed by atoms with Crippen molar-refractivity contribution >= 4 is 28.8 Å². The molecule has 2 aromatic rings. The maximum atomic E-state index is 12.1. The van der Waals surface area contributed by atoms with Crippen LogP contribution in [-0.4, -0.2) is 24.9 Å². The quantitative estimate of drug-likeness (QED) is 0.764. The molecule has 0 radical (unpaired) electrons. The van der Waals surface area contributed by atoms with Crippen LogP contribution in [0.5, 0.6) is 0 Å². The zero-order chi connectivity index (χ0) is 15.9. The third-order valence-corrected chi connectivity index (χ3v) is 4.01. The minimum Gasteiger partial charge on any atom is -0.352 e. The van der Waals surface area contributed by atoms with Crippen molar-refractivity contribution in [1.29, 1.82) is 0 Å². The van der Waals surface area contributed by atoms with Crippen LogP contribution in [0.25, 0.3) is 0 Å². The van der Waals surface area contributed by atoms with Crippen molar-refractivity contribution in [3.63, 3.8) is 0 Å². The standard InChI is InChI=1S/C16H19N3O2S/c1-11(9-17)10-18-15(20)12-4-2-5-13(8-12)19-16(21)14-6-3-7-22-14/h2-8,11H,9-10,17H2,1H3,(H,18,20)(H,19,21). The van der Waals surface area contributed by atoms with Gasteiger partial charge in [0.05, 0.1) is 4.88 Å². The molecule has 4 N–H and O–H groups in total. The fourth-order valence-electron chi connectivity index (χ4n) is 1.79. The van der Waals surface area contributed by atoms with E-state index >= 15 is 0 Å². The fourth-order valence-corrected chi connectivity index (χ4v) is 2.41. The monoisotopic (exact) mass is 317 g/mol. The Kier molecular flexibility index (Phi) is 5.68. The summed E-state index contributed by atoms with van der Waals surface area (Å²) in [4.78, 5) is 24.7. The molecular weight excluding hydrogens is 298 g/mol. The number of anilines is 1. The van der Waals surface area contributed by atoms with Crippen molar-refractivity contribution in [2.75, 3.05) is 18.4 Å². The van der Waals surface area contributed by atoms with Gasteiger partial charge in [-0.05, 0) is 42.1 Å². The number of hydrogen-bond acceptors (Lipinski definition) is 4. The Morgan fingerprint density at radius 2 is 2.05 bits per heavy atom. The molecule has 0 saturated heterocycles. The summed E-state index contributed by atoms with van der Waals surface area (Å²) in [5.74, 6) is -0.123. The molecule has 0 saturated carbocycles. The van der Waals surface area contributed by atoms with E-state index in [0.717, 1.165) is 0 Å². The van der Waals surface area contributed by atoms with Crippen LogP contribution in [0.1, 0.15) is 27.0 Å². The molecule has 2 rings (SSSR count). The molecule has 1 unspecified atom stereocenters. The van der Waals surface area contributed by atoms with E-state index in [9.17, 15) is 9.59 Å². The Bertz CT molecular complexity index is 641. The van der Waals surface area contributed by atoms with Crippen molar-refractivity contribution in [2.45, 2.75) is 6.92 Å². The van der Waals surface area contributed by atoms with E-state index in [1.165, 1.54) is 11.3 Å². The van der Waals surface area contributed by atoms with Gasteiger partial charge in [-0.15, -0.1) is 11.3 Å². The molecule has 1 atom stereocenters. The van der Waals surface area contributed by atoms with Crippen LogP contribution in [0.4, 0.5) is 5.69 Å². The number of carbonyl (C=O) groups excluding carboxylic acids is 2. The summed E-state index contributed by atoms with van der Waals surface area (Å²) in [6.07, 6.45) is 0. The summed E-state index contributed by atoms with van der Waals surface area (Å²) in [5.41, 5.74) is 6.63. The maximum absolute atomic E-state index is 12.1. The second kappa shape index (κ2) is 7.72. The van der Waals surface area contributed by atoms with Gasteiger partial charge in [-0.1, -0.05) is 19.1 Å². The van der Waals surface area contributed by atoms with Crippen molar-refractivity contribution in [3.05, 3.63) is 52.2 Å². The molecule has 116 valence electrons. The highest BCUT2D eigenvalue weighted by molar-refractivity contribution is 7.12. The topological polar surface area (TPSA) is 84.2 Å². The molecule has 1 aromatic heterocycles. The van der Waals surface area contributed by atoms with Crippen molar-refractivity contribution in [3.8, 4) is 0 Å². The predicted molar refractivity (Wildman–Crippen MR) is 89.3 cm³/mol. The van der Waals surface area contributed by atoms with Crippen LogP contribution in [0.2, 0.25) is 0 Å². The van der Waals surface area contributed by atoms with Crippen molar-refractivity contribution < 1.29 is 9.59 Å². The summed E-state index contributed by atoms with van der Waals surface area (Å²) in [6, 6.07) is 10.4. The summed E-state index contributed by atoms with van der Waals surface area (Å²) < 4.78 is 0. The summed E-state index contributed by atoms with van der Waals surface area (Å²) >= 11 is 1.37. The Labute approximate surface area is 133 Å². The van der Waals surface area contributed by atoms with Gasteiger partial charge in [0.15, 0.2) is 0 Å². The lowest BCUT2D eigenvalue weighted by Crippen LogP contribution is -2.31. The number of hydrogen-bond donors (Lipinski definition) is 3. The lowest BCUT2D eigenvalue weighted by molar-refractivity contribution is 0.0947. The van der Waals surface area contributed by atoms with E-state index < -0.39 is 0 Å². The lowest BCUT2D eigenvalue weighted by atomic mass is 10.1. The van der Waals surface area contributed by atoms with Crippen LogP contribution in [0, 0.1) is 5.92 Å². The third-order valence-electron chi connectivity index (χ3n) is 3.14. The minimum atomic E-state index is -0.177. The highest BCUT2D eigenvalue weighted by atomic mass is 32.1. The number of carbonyl (C=O) groups is 2. The molecule has 0 aliphatic heterocycles. The van der Waals surface area contributed by atoms with Gasteiger partial charge < -0.3 is 16.4 Å². The first-order valence-corrected chi connectivity index (χ1v) is 7.91. The van der Waals surface area contributed by atoms with Crippen LogP contribution in [0.3, 0.4) is 0 Å². The first kappa shape index (κ1) is 16.2. The zero-order valence-electron chi connectivity index (χ0n) is 12.3. The smallest absolute Gasteiger partial charge is 0.265 e. The van der Waals surface area contributed by atoms with E-state index in [-0.39, 0.29) is 17.7 Å². The van der Waals surface area contributed by atoms with Gasteiger partial charge in [0.2, 0.25) is 0 Å². The normalized spacial score (nSPS) is 11.7. The van der Waals surface area contributed by atoms with E-state index in [1.54, 1.807) is 30.3 Å². The van der Waals surface area contributed by atoms with Crippen LogP contribution in [0.15, 0.2) is 41.8 Å². The fraction of sp³-hybridized carbons (Fsp3) is 0.250. The van der Waals surface area contributed by atoms with E-state index in [2.05, 4.69) is 10.6 Å². The average Bonchev–Trinajstić information content (AvgIpc) is 3.07. The van der Waals surface area contributed by atoms with Gasteiger partial charge in [-0.3, -0.25) is 9.59 Å². The SMILES string of the molecule is CC(CN)CNC(=O)c1cccc(NC(=O)c2cccs2)c1. The molecule has 6 heteroatoms. The minimum absolute atomic E-state index is 0.174. The number of amides is 2. The number of nitrogens with one attached hydrogen (secondary N) is 2. The van der Waals surface area contributed by atoms with Crippen LogP contribution < -0.4 is 16.4 Å². The molecule has 0 fully saturated rings. The van der Waals surface area contributed by atoms with Crippen LogP contribution >= 0.6 is 11.3 Å². The third kappa shape index (κ3) is 4.41. The molecular formula is C16H19N3O2S. The van der Waals surface area contributed by atoms with Crippen molar-refractivity contribution in [1.82, 2.24) is 5.32 Å². The highest BCUT2D eigenvalue weighted by Gasteiger charge is 2.10. The number of nitrogens with two attached hydrogens (primary N) is 1. The second-order valence-corrected chi connectivity index (χ2v) is 6.01. The molecule has 0 spiro atoms. The van der Waals surface area contributed by atoms with Gasteiger partial charge in [-0.2, -0.15) is 0 Å². The Hall–Kier alpha value is -2.18. The first-order valence-electron chi connectivity index (χ1n) is 7.03. The number of benzene rings is 1. The largest absolute Gasteiger partial charge is 0.352 e. The molecule has 5 nitrogen and oxygen atoms in total. The van der Waals surface area contributed by atoms with Gasteiger partial charge in [0.1, 0.15) is 0 Å². The summed E-state index contributed by atoms with van der Waals surface area (Å²) in [5, 5.41) is 7.46. The number of thiophene rings is 1. The molecule has 1 aromatic carbocycles. The summed E-state index contributed by atoms with van der Waals surface area (Å²) in [7, 11) is 0. The molecule has 0 aliphatic rings. The second-order valence-electron chi connectivity index (χ2n) is 5.06. The van der Waals surface area contributed by atoms with Gasteiger partial charge in [0, 0.05) is 17.8 Å². The number of rotatable bonds is 6. The zero-order valence-corrected chi connectivity index (χ0v) is 13.2. The Balaban J connectivity index is 2.00. The molecule has 1 heterocycles. The summed E-state index contributed by atoms with van der Waals surface area (Å²) in [6.45, 7) is 3.02. The first-order chi connectivity index (χ1) is 10.6. The Morgan fingerprint density at radius 3 is 2.73 bits per heavy atom. The lowest BCUT2D eigenvalue weighted by Gasteiger charge is -2.11. The highest BCUT2D eigenvalue weighted by Crippen LogP contribution is 2.15. The van der Waals surface area contributed by atoms with Crippen molar-refractivity contribution in [2.24, 2.45) is 11.7 Å². The van der Waals surface area contributed by atoms with Crippen LogP contribution in [-0.2, 0) is 0 Å². The van der Waals surface area contributed by atoms with E-state index in [0.29, 0.717) is 29.2 Å². The maximum Gasteiger partial charge on any atom is 0.265 e. The van der Waals surface area contributed by atoms with E-state index in [1.807, 2.05) is 18.4 Å². The average molecular weight is 317 g/mol. The molecule has 22 heavy (non-hydrogen) atoms. The molecule has 2 amide bonds. The van der Waals surface area contributed by atoms with Gasteiger partial charge >= 0.3 is 0 Å². The van der Waals surface area contributed by atoms with E-state index in [4.69, 9.17) is 5.73 Å². The van der Waals surface area contributed by atoms with Gasteiger partial charge in [0.25, 0.3) is 11.8 Å². The Morgan fingerprint density at radius 1 is 1.23 bits per heavy atom. The molecule has 0 bridgehead atoms.